The molecule has 2 atom stereocenters. The zero-order valence-corrected chi connectivity index (χ0v) is 8.70. The lowest BCUT2D eigenvalue weighted by atomic mass is 9.86. The Hall–Kier alpha value is -0.380. The summed E-state index contributed by atoms with van der Waals surface area (Å²) in [7, 11) is 1.74. The largest absolute Gasteiger partial charge is 0.379 e. The number of methoxy groups -OCH3 is 1. The summed E-state index contributed by atoms with van der Waals surface area (Å²) < 4.78 is 16.8. The number of ether oxygens (including phenoxy) is 3. The molecular formula is C11H18O3. The molecule has 0 unspecified atom stereocenters. The van der Waals surface area contributed by atoms with Crippen molar-refractivity contribution in [1.29, 1.82) is 0 Å². The molecule has 80 valence electrons. The summed E-state index contributed by atoms with van der Waals surface area (Å²) in [4.78, 5) is 0. The summed E-state index contributed by atoms with van der Waals surface area (Å²) in [6.45, 7) is 2.16. The third-order valence-electron chi connectivity index (χ3n) is 3.18. The van der Waals surface area contributed by atoms with Gasteiger partial charge in [0, 0.05) is 20.1 Å². The standard InChI is InChI=1S/C11H18O3/c1-12-10-9-13-8-6-11(10)5-3-2-4-7-14-11/h2,4,10H,3,5-9H2,1H3/t10-,11-/m1/s1. The van der Waals surface area contributed by atoms with Crippen LogP contribution in [0.3, 0.4) is 0 Å². The molecule has 2 aliphatic heterocycles. The molecule has 3 nitrogen and oxygen atoms in total. The minimum atomic E-state index is -0.101. The number of hydrogen-bond donors (Lipinski definition) is 0. The van der Waals surface area contributed by atoms with Gasteiger partial charge in [0.05, 0.1) is 18.8 Å². The summed E-state index contributed by atoms with van der Waals surface area (Å²) in [5.41, 5.74) is -0.101. The molecule has 3 heteroatoms. The fourth-order valence-electron chi connectivity index (χ4n) is 2.28. The minimum Gasteiger partial charge on any atom is -0.379 e. The van der Waals surface area contributed by atoms with Crippen molar-refractivity contribution in [2.45, 2.75) is 31.0 Å². The van der Waals surface area contributed by atoms with Gasteiger partial charge in [-0.25, -0.2) is 0 Å². The van der Waals surface area contributed by atoms with Crippen molar-refractivity contribution in [3.63, 3.8) is 0 Å². The first-order valence-corrected chi connectivity index (χ1v) is 5.27. The van der Waals surface area contributed by atoms with Gasteiger partial charge in [0.2, 0.25) is 0 Å². The molecule has 0 N–H and O–H groups in total. The van der Waals surface area contributed by atoms with Gasteiger partial charge in [-0.3, -0.25) is 0 Å². The molecule has 1 saturated heterocycles. The average Bonchev–Trinajstić information content (AvgIpc) is 2.45. The van der Waals surface area contributed by atoms with Crippen LogP contribution in [0.2, 0.25) is 0 Å². The summed E-state index contributed by atoms with van der Waals surface area (Å²) in [5.74, 6) is 0. The van der Waals surface area contributed by atoms with Crippen molar-refractivity contribution < 1.29 is 14.2 Å². The average molecular weight is 198 g/mol. The van der Waals surface area contributed by atoms with Crippen molar-refractivity contribution in [2.75, 3.05) is 26.9 Å². The highest BCUT2D eigenvalue weighted by molar-refractivity contribution is 4.98. The van der Waals surface area contributed by atoms with E-state index < -0.39 is 0 Å². The van der Waals surface area contributed by atoms with Crippen LogP contribution >= 0.6 is 0 Å². The first-order chi connectivity index (χ1) is 6.87. The maximum Gasteiger partial charge on any atom is 0.109 e. The molecule has 0 saturated carbocycles. The SMILES string of the molecule is CO[C@@H]1COCC[C@]12CCC=CCO2. The number of allylic oxidation sites excluding steroid dienone is 1. The lowest BCUT2D eigenvalue weighted by Crippen LogP contribution is -2.52. The molecule has 0 radical (unpaired) electrons. The lowest BCUT2D eigenvalue weighted by Gasteiger charge is -2.42. The third-order valence-corrected chi connectivity index (χ3v) is 3.18. The summed E-state index contributed by atoms with van der Waals surface area (Å²) in [6.07, 6.45) is 7.46. The molecule has 1 spiro atoms. The highest BCUT2D eigenvalue weighted by Crippen LogP contribution is 2.33. The van der Waals surface area contributed by atoms with Gasteiger partial charge in [-0.05, 0) is 12.8 Å². The van der Waals surface area contributed by atoms with Crippen molar-refractivity contribution >= 4 is 0 Å². The molecule has 0 aliphatic carbocycles. The molecule has 1 fully saturated rings. The van der Waals surface area contributed by atoms with Gasteiger partial charge in [-0.1, -0.05) is 12.2 Å². The Kier molecular flexibility index (Phi) is 3.21. The van der Waals surface area contributed by atoms with Crippen LogP contribution in [0.5, 0.6) is 0 Å². The summed E-state index contributed by atoms with van der Waals surface area (Å²) in [5, 5.41) is 0. The third kappa shape index (κ3) is 1.85. The smallest absolute Gasteiger partial charge is 0.109 e. The van der Waals surface area contributed by atoms with Crippen molar-refractivity contribution in [2.24, 2.45) is 0 Å². The van der Waals surface area contributed by atoms with Crippen LogP contribution in [-0.2, 0) is 14.2 Å². The Labute approximate surface area is 85.0 Å². The first-order valence-electron chi connectivity index (χ1n) is 5.27. The van der Waals surface area contributed by atoms with E-state index in [1.54, 1.807) is 7.11 Å². The highest BCUT2D eigenvalue weighted by Gasteiger charge is 2.42. The second-order valence-corrected chi connectivity index (χ2v) is 3.94. The maximum atomic E-state index is 5.94. The Bertz CT molecular complexity index is 203. The quantitative estimate of drug-likeness (QED) is 0.598. The zero-order valence-electron chi connectivity index (χ0n) is 8.70. The number of hydrogen-bond acceptors (Lipinski definition) is 3. The van der Waals surface area contributed by atoms with Gasteiger partial charge >= 0.3 is 0 Å². The van der Waals surface area contributed by atoms with Gasteiger partial charge in [0.25, 0.3) is 0 Å². The monoisotopic (exact) mass is 198 g/mol. The fraction of sp³-hybridized carbons (Fsp3) is 0.818. The van der Waals surface area contributed by atoms with Crippen LogP contribution in [0.1, 0.15) is 19.3 Å². The molecule has 0 aromatic heterocycles. The Morgan fingerprint density at radius 2 is 2.29 bits per heavy atom. The molecule has 2 rings (SSSR count). The second-order valence-electron chi connectivity index (χ2n) is 3.94. The van der Waals surface area contributed by atoms with Crippen LogP contribution in [-0.4, -0.2) is 38.6 Å². The molecule has 0 bridgehead atoms. The highest BCUT2D eigenvalue weighted by atomic mass is 16.6. The van der Waals surface area contributed by atoms with E-state index in [4.69, 9.17) is 14.2 Å². The van der Waals surface area contributed by atoms with Crippen LogP contribution in [0.15, 0.2) is 12.2 Å². The van der Waals surface area contributed by atoms with Crippen LogP contribution in [0.25, 0.3) is 0 Å². The molecule has 2 heterocycles. The predicted molar refractivity (Wildman–Crippen MR) is 53.3 cm³/mol. The van der Waals surface area contributed by atoms with E-state index >= 15 is 0 Å². The van der Waals surface area contributed by atoms with Crippen LogP contribution in [0.4, 0.5) is 0 Å². The predicted octanol–water partition coefficient (Wildman–Crippen LogP) is 1.53. The molecule has 14 heavy (non-hydrogen) atoms. The zero-order chi connectivity index (χ0) is 9.86. The van der Waals surface area contributed by atoms with E-state index in [-0.39, 0.29) is 11.7 Å². The van der Waals surface area contributed by atoms with Crippen LogP contribution < -0.4 is 0 Å². The molecule has 0 aromatic rings. The minimum absolute atomic E-state index is 0.0937. The first kappa shape index (κ1) is 10.1. The van der Waals surface area contributed by atoms with Crippen LogP contribution in [0, 0.1) is 0 Å². The molecular weight excluding hydrogens is 180 g/mol. The van der Waals surface area contributed by atoms with E-state index in [2.05, 4.69) is 12.2 Å². The second kappa shape index (κ2) is 4.43. The summed E-state index contributed by atoms with van der Waals surface area (Å²) in [6, 6.07) is 0. The summed E-state index contributed by atoms with van der Waals surface area (Å²) >= 11 is 0. The Morgan fingerprint density at radius 1 is 1.36 bits per heavy atom. The topological polar surface area (TPSA) is 27.7 Å². The lowest BCUT2D eigenvalue weighted by molar-refractivity contribution is -0.188. The van der Waals surface area contributed by atoms with Gasteiger partial charge < -0.3 is 14.2 Å². The van der Waals surface area contributed by atoms with Crippen molar-refractivity contribution in [3.05, 3.63) is 12.2 Å². The maximum absolute atomic E-state index is 5.94. The fourth-order valence-corrected chi connectivity index (χ4v) is 2.28. The van der Waals surface area contributed by atoms with E-state index in [9.17, 15) is 0 Å². The van der Waals surface area contributed by atoms with E-state index in [0.29, 0.717) is 13.2 Å². The molecule has 0 aromatic carbocycles. The number of rotatable bonds is 1. The van der Waals surface area contributed by atoms with E-state index in [1.807, 2.05) is 0 Å². The normalized spacial score (nSPS) is 38.5. The molecule has 2 aliphatic rings. The molecule has 0 amide bonds. The Balaban J connectivity index is 2.09. The Morgan fingerprint density at radius 3 is 3.14 bits per heavy atom. The van der Waals surface area contributed by atoms with Crippen molar-refractivity contribution in [1.82, 2.24) is 0 Å². The van der Waals surface area contributed by atoms with Gasteiger partial charge in [-0.2, -0.15) is 0 Å². The van der Waals surface area contributed by atoms with Gasteiger partial charge in [0.1, 0.15) is 6.10 Å². The van der Waals surface area contributed by atoms with Gasteiger partial charge in [-0.15, -0.1) is 0 Å². The van der Waals surface area contributed by atoms with Gasteiger partial charge in [0.15, 0.2) is 0 Å². The van der Waals surface area contributed by atoms with E-state index in [0.717, 1.165) is 25.9 Å². The van der Waals surface area contributed by atoms with E-state index in [1.165, 1.54) is 0 Å². The van der Waals surface area contributed by atoms with Crippen molar-refractivity contribution in [3.8, 4) is 0 Å².